The number of carbonyl (C=O) groups is 2. The molecule has 0 fully saturated rings. The van der Waals surface area contributed by atoms with Crippen LogP contribution in [-0.4, -0.2) is 30.2 Å². The minimum Gasteiger partial charge on any atom is -0.493 e. The number of para-hydroxylation sites is 1. The van der Waals surface area contributed by atoms with Crippen LogP contribution in [0.25, 0.3) is 11.1 Å². The third-order valence-corrected chi connectivity index (χ3v) is 6.43. The summed E-state index contributed by atoms with van der Waals surface area (Å²) in [6, 6.07) is 23.9. The molecule has 0 atom stereocenters. The number of amides is 1. The number of hydrogen-bond acceptors (Lipinski definition) is 4. The van der Waals surface area contributed by atoms with E-state index in [1.807, 2.05) is 43.3 Å². The van der Waals surface area contributed by atoms with Crippen LogP contribution in [0, 0.1) is 5.82 Å². The molecular formula is C33H32FNO5. The second kappa shape index (κ2) is 13.4. The predicted octanol–water partition coefficient (Wildman–Crippen LogP) is 7.42. The zero-order chi connectivity index (χ0) is 28.5. The second-order valence-electron chi connectivity index (χ2n) is 9.27. The van der Waals surface area contributed by atoms with Gasteiger partial charge in [-0.2, -0.15) is 0 Å². The molecule has 0 aliphatic heterocycles. The molecule has 0 spiro atoms. The van der Waals surface area contributed by atoms with Gasteiger partial charge < -0.3 is 19.9 Å². The average molecular weight is 542 g/mol. The van der Waals surface area contributed by atoms with Crippen molar-refractivity contribution in [2.45, 2.75) is 33.1 Å². The number of nitrogens with one attached hydrogen (secondary N) is 1. The van der Waals surface area contributed by atoms with E-state index in [9.17, 15) is 19.1 Å². The van der Waals surface area contributed by atoms with Crippen LogP contribution in [0.5, 0.6) is 11.5 Å². The Morgan fingerprint density at radius 1 is 0.850 bits per heavy atom. The molecule has 0 saturated heterocycles. The molecule has 2 N–H and O–H groups in total. The van der Waals surface area contributed by atoms with Gasteiger partial charge >= 0.3 is 5.97 Å². The molecule has 4 aromatic carbocycles. The summed E-state index contributed by atoms with van der Waals surface area (Å²) in [5.74, 6) is -0.665. The fourth-order valence-corrected chi connectivity index (χ4v) is 4.32. The van der Waals surface area contributed by atoms with E-state index in [0.29, 0.717) is 30.8 Å². The van der Waals surface area contributed by atoms with Crippen molar-refractivity contribution in [3.63, 3.8) is 0 Å². The summed E-state index contributed by atoms with van der Waals surface area (Å²) in [6.07, 6.45) is 2.03. The lowest BCUT2D eigenvalue weighted by molar-refractivity contribution is 0.0696. The monoisotopic (exact) mass is 541 g/mol. The first-order valence-corrected chi connectivity index (χ1v) is 13.3. The zero-order valence-electron chi connectivity index (χ0n) is 22.6. The lowest BCUT2D eigenvalue weighted by atomic mass is 9.96. The number of ether oxygens (including phenoxy) is 2. The van der Waals surface area contributed by atoms with Crippen molar-refractivity contribution in [1.29, 1.82) is 0 Å². The number of rotatable bonds is 12. The normalized spacial score (nSPS) is 10.7. The zero-order valence-corrected chi connectivity index (χ0v) is 22.6. The number of anilines is 1. The van der Waals surface area contributed by atoms with Gasteiger partial charge in [0.25, 0.3) is 5.91 Å². The Hall–Kier alpha value is -4.65. The summed E-state index contributed by atoms with van der Waals surface area (Å²) in [6.45, 7) is 4.90. The summed E-state index contributed by atoms with van der Waals surface area (Å²) in [7, 11) is 0. The van der Waals surface area contributed by atoms with Gasteiger partial charge in [0.15, 0.2) is 0 Å². The van der Waals surface area contributed by atoms with E-state index in [-0.39, 0.29) is 29.6 Å². The molecule has 0 aliphatic carbocycles. The van der Waals surface area contributed by atoms with Crippen LogP contribution in [-0.2, 0) is 12.8 Å². The third-order valence-electron chi connectivity index (χ3n) is 6.43. The Morgan fingerprint density at radius 2 is 1.60 bits per heavy atom. The van der Waals surface area contributed by atoms with Gasteiger partial charge in [0.2, 0.25) is 0 Å². The molecule has 7 heteroatoms. The van der Waals surface area contributed by atoms with E-state index in [1.54, 1.807) is 18.2 Å². The largest absolute Gasteiger partial charge is 0.493 e. The van der Waals surface area contributed by atoms with E-state index < -0.39 is 5.97 Å². The van der Waals surface area contributed by atoms with E-state index in [2.05, 4.69) is 12.2 Å². The fourth-order valence-electron chi connectivity index (χ4n) is 4.32. The van der Waals surface area contributed by atoms with Crippen LogP contribution in [0.4, 0.5) is 10.1 Å². The van der Waals surface area contributed by atoms with Crippen molar-refractivity contribution >= 4 is 17.6 Å². The molecule has 6 nitrogen and oxygen atoms in total. The molecule has 1 amide bonds. The molecule has 0 heterocycles. The van der Waals surface area contributed by atoms with E-state index in [1.165, 1.54) is 30.3 Å². The smallest absolute Gasteiger partial charge is 0.335 e. The number of carboxylic acids is 1. The number of aromatic carboxylic acids is 1. The van der Waals surface area contributed by atoms with Crippen LogP contribution in [0.3, 0.4) is 0 Å². The SMILES string of the molecule is CCCOc1ccccc1-c1ccc(C(=O)Nc2cc(C(=O)O)ccc2OCCc2ccc(F)cc2)c(CC)c1. The molecule has 0 radical (unpaired) electrons. The summed E-state index contributed by atoms with van der Waals surface area (Å²) in [5.41, 5.74) is 4.39. The topological polar surface area (TPSA) is 84.9 Å². The van der Waals surface area contributed by atoms with Crippen molar-refractivity contribution in [3.8, 4) is 22.6 Å². The van der Waals surface area contributed by atoms with Crippen molar-refractivity contribution < 1.29 is 28.6 Å². The van der Waals surface area contributed by atoms with Crippen LogP contribution in [0.15, 0.2) is 84.9 Å². The molecule has 0 saturated carbocycles. The molecular weight excluding hydrogens is 509 g/mol. The number of halogens is 1. The fraction of sp³-hybridized carbons (Fsp3) is 0.212. The average Bonchev–Trinajstić information content (AvgIpc) is 2.97. The van der Waals surface area contributed by atoms with Crippen molar-refractivity contribution in [1.82, 2.24) is 0 Å². The van der Waals surface area contributed by atoms with Crippen LogP contribution < -0.4 is 14.8 Å². The summed E-state index contributed by atoms with van der Waals surface area (Å²) < 4.78 is 25.0. The Kier molecular flexibility index (Phi) is 9.52. The molecule has 206 valence electrons. The van der Waals surface area contributed by atoms with Gasteiger partial charge in [-0.25, -0.2) is 9.18 Å². The van der Waals surface area contributed by atoms with Gasteiger partial charge in [0.1, 0.15) is 17.3 Å². The molecule has 0 aliphatic rings. The maximum atomic E-state index is 13.4. The number of carbonyl (C=O) groups excluding carboxylic acids is 1. The van der Waals surface area contributed by atoms with Crippen LogP contribution in [0.1, 0.15) is 52.1 Å². The maximum Gasteiger partial charge on any atom is 0.335 e. The minimum atomic E-state index is -1.11. The summed E-state index contributed by atoms with van der Waals surface area (Å²) >= 11 is 0. The second-order valence-corrected chi connectivity index (χ2v) is 9.27. The van der Waals surface area contributed by atoms with Gasteiger partial charge in [-0.15, -0.1) is 0 Å². The van der Waals surface area contributed by atoms with Crippen molar-refractivity contribution in [2.24, 2.45) is 0 Å². The minimum absolute atomic E-state index is 0.0240. The lowest BCUT2D eigenvalue weighted by Crippen LogP contribution is -2.16. The quantitative estimate of drug-likeness (QED) is 0.195. The molecule has 0 unspecified atom stereocenters. The van der Waals surface area contributed by atoms with Gasteiger partial charge in [0, 0.05) is 17.5 Å². The third kappa shape index (κ3) is 7.05. The maximum absolute atomic E-state index is 13.4. The number of aryl methyl sites for hydroxylation is 1. The summed E-state index contributed by atoms with van der Waals surface area (Å²) in [4.78, 5) is 25.1. The highest BCUT2D eigenvalue weighted by molar-refractivity contribution is 6.07. The highest BCUT2D eigenvalue weighted by Gasteiger charge is 2.17. The van der Waals surface area contributed by atoms with E-state index in [0.717, 1.165) is 34.4 Å². The lowest BCUT2D eigenvalue weighted by Gasteiger charge is -2.16. The standard InChI is InChI=1S/C33H32FNO5/c1-3-18-39-30-8-6-5-7-27(30)24-11-15-28(23(4-2)20-24)32(36)35-29-21-25(33(37)38)12-16-31(29)40-19-17-22-9-13-26(34)14-10-22/h5-16,20-21H,3-4,17-19H2,1-2H3,(H,35,36)(H,37,38). The number of benzene rings is 4. The number of hydrogen-bond donors (Lipinski definition) is 2. The first-order chi connectivity index (χ1) is 19.4. The Balaban J connectivity index is 1.56. The van der Waals surface area contributed by atoms with Crippen LogP contribution in [0.2, 0.25) is 0 Å². The number of carboxylic acid groups (broad SMARTS) is 1. The van der Waals surface area contributed by atoms with Crippen LogP contribution >= 0.6 is 0 Å². The van der Waals surface area contributed by atoms with Gasteiger partial charge in [-0.3, -0.25) is 4.79 Å². The molecule has 0 bridgehead atoms. The first kappa shape index (κ1) is 28.4. The first-order valence-electron chi connectivity index (χ1n) is 13.3. The Morgan fingerprint density at radius 3 is 2.33 bits per heavy atom. The van der Waals surface area contributed by atoms with Gasteiger partial charge in [0.05, 0.1) is 24.5 Å². The highest BCUT2D eigenvalue weighted by Crippen LogP contribution is 2.32. The highest BCUT2D eigenvalue weighted by atomic mass is 19.1. The molecule has 40 heavy (non-hydrogen) atoms. The van der Waals surface area contributed by atoms with E-state index in [4.69, 9.17) is 9.47 Å². The molecule has 4 aromatic rings. The van der Waals surface area contributed by atoms with Gasteiger partial charge in [-0.05, 0) is 72.0 Å². The van der Waals surface area contributed by atoms with Gasteiger partial charge in [-0.1, -0.05) is 56.3 Å². The summed E-state index contributed by atoms with van der Waals surface area (Å²) in [5, 5.41) is 12.4. The predicted molar refractivity (Wildman–Crippen MR) is 154 cm³/mol. The van der Waals surface area contributed by atoms with Crippen molar-refractivity contribution in [3.05, 3.63) is 113 Å². The molecule has 4 rings (SSSR count). The van der Waals surface area contributed by atoms with Crippen molar-refractivity contribution in [2.75, 3.05) is 18.5 Å². The van der Waals surface area contributed by atoms with E-state index >= 15 is 0 Å². The molecule has 0 aromatic heterocycles. The Labute approximate surface area is 233 Å². The Bertz CT molecular complexity index is 1480.